The van der Waals surface area contributed by atoms with E-state index in [9.17, 15) is 14.9 Å². The number of nitro benzene ring substituents is 1. The van der Waals surface area contributed by atoms with E-state index < -0.39 is 10.9 Å². The van der Waals surface area contributed by atoms with Crippen molar-refractivity contribution >= 4 is 33.7 Å². The fourth-order valence-electron chi connectivity index (χ4n) is 1.60. The van der Waals surface area contributed by atoms with Gasteiger partial charge in [-0.15, -0.1) is 0 Å². The standard InChI is InChI=1S/C15H10BrNO4/c16-10-9-11-1-3-12(4-2-11)15(18)21-14-7-5-13(6-8-14)17(19)20/h1-10H/b10-9-. The van der Waals surface area contributed by atoms with Crippen LogP contribution in [0.1, 0.15) is 15.9 Å². The summed E-state index contributed by atoms with van der Waals surface area (Å²) in [7, 11) is 0. The van der Waals surface area contributed by atoms with Crippen LogP contribution < -0.4 is 4.74 Å². The van der Waals surface area contributed by atoms with Gasteiger partial charge in [-0.1, -0.05) is 28.1 Å². The Morgan fingerprint density at radius 3 is 2.24 bits per heavy atom. The molecule has 5 nitrogen and oxygen atoms in total. The van der Waals surface area contributed by atoms with Crippen LogP contribution in [0.3, 0.4) is 0 Å². The second kappa shape index (κ2) is 6.81. The van der Waals surface area contributed by atoms with Crippen molar-refractivity contribution in [2.24, 2.45) is 0 Å². The van der Waals surface area contributed by atoms with Crippen molar-refractivity contribution < 1.29 is 14.5 Å². The first-order chi connectivity index (χ1) is 10.1. The molecule has 21 heavy (non-hydrogen) atoms. The fraction of sp³-hybridized carbons (Fsp3) is 0. The van der Waals surface area contributed by atoms with E-state index in [0.717, 1.165) is 5.56 Å². The molecule has 2 aromatic rings. The van der Waals surface area contributed by atoms with Gasteiger partial charge in [-0.25, -0.2) is 4.79 Å². The Morgan fingerprint density at radius 1 is 1.10 bits per heavy atom. The second-order valence-electron chi connectivity index (χ2n) is 4.06. The summed E-state index contributed by atoms with van der Waals surface area (Å²) in [6, 6.07) is 12.2. The predicted molar refractivity (Wildman–Crippen MR) is 82.5 cm³/mol. The maximum atomic E-state index is 11.9. The molecule has 0 N–H and O–H groups in total. The van der Waals surface area contributed by atoms with Crippen molar-refractivity contribution in [1.29, 1.82) is 0 Å². The zero-order valence-electron chi connectivity index (χ0n) is 10.7. The number of benzene rings is 2. The van der Waals surface area contributed by atoms with Crippen LogP contribution in [0.15, 0.2) is 53.5 Å². The first-order valence-electron chi connectivity index (χ1n) is 5.93. The molecule has 2 aromatic carbocycles. The summed E-state index contributed by atoms with van der Waals surface area (Å²) in [6.07, 6.45) is 1.84. The number of hydrogen-bond acceptors (Lipinski definition) is 4. The number of nitro groups is 1. The minimum Gasteiger partial charge on any atom is -0.423 e. The molecule has 0 unspecified atom stereocenters. The number of ether oxygens (including phenoxy) is 1. The average Bonchev–Trinajstić information content (AvgIpc) is 2.49. The summed E-state index contributed by atoms with van der Waals surface area (Å²) in [5.41, 5.74) is 1.29. The van der Waals surface area contributed by atoms with Crippen LogP contribution in [0, 0.1) is 10.1 Å². The highest BCUT2D eigenvalue weighted by molar-refractivity contribution is 9.11. The summed E-state index contributed by atoms with van der Waals surface area (Å²) in [6.45, 7) is 0. The molecule has 2 rings (SSSR count). The second-order valence-corrected chi connectivity index (χ2v) is 4.58. The number of carbonyl (C=O) groups excluding carboxylic acids is 1. The Hall–Kier alpha value is -2.47. The monoisotopic (exact) mass is 347 g/mol. The predicted octanol–water partition coefficient (Wildman–Crippen LogP) is 4.18. The van der Waals surface area contributed by atoms with Crippen LogP contribution >= 0.6 is 15.9 Å². The van der Waals surface area contributed by atoms with Gasteiger partial charge >= 0.3 is 5.97 Å². The molecule has 0 aliphatic carbocycles. The molecular formula is C15H10BrNO4. The summed E-state index contributed by atoms with van der Waals surface area (Å²) in [5.74, 6) is -0.256. The van der Waals surface area contributed by atoms with E-state index in [1.807, 2.05) is 6.08 Å². The van der Waals surface area contributed by atoms with Crippen molar-refractivity contribution in [2.75, 3.05) is 0 Å². The van der Waals surface area contributed by atoms with Gasteiger partial charge in [-0.05, 0) is 40.9 Å². The third kappa shape index (κ3) is 4.00. The lowest BCUT2D eigenvalue weighted by Crippen LogP contribution is -2.08. The summed E-state index contributed by atoms with van der Waals surface area (Å²) < 4.78 is 5.15. The molecule has 0 saturated heterocycles. The Labute approximate surface area is 129 Å². The molecule has 6 heteroatoms. The number of carbonyl (C=O) groups is 1. The molecule has 0 spiro atoms. The molecular weight excluding hydrogens is 338 g/mol. The average molecular weight is 348 g/mol. The fourth-order valence-corrected chi connectivity index (χ4v) is 1.91. The lowest BCUT2D eigenvalue weighted by molar-refractivity contribution is -0.384. The van der Waals surface area contributed by atoms with E-state index in [-0.39, 0.29) is 11.4 Å². The summed E-state index contributed by atoms with van der Waals surface area (Å²) in [4.78, 5) is 23.7. The van der Waals surface area contributed by atoms with Gasteiger partial charge in [-0.2, -0.15) is 0 Å². The van der Waals surface area contributed by atoms with Gasteiger partial charge in [0.25, 0.3) is 5.69 Å². The number of halogens is 1. The van der Waals surface area contributed by atoms with E-state index >= 15 is 0 Å². The first kappa shape index (κ1) is 14.9. The Morgan fingerprint density at radius 2 is 1.71 bits per heavy atom. The highest BCUT2D eigenvalue weighted by atomic mass is 79.9. The number of nitrogens with zero attached hydrogens (tertiary/aromatic N) is 1. The van der Waals surface area contributed by atoms with Gasteiger partial charge in [0.05, 0.1) is 10.5 Å². The Kier molecular flexibility index (Phi) is 4.84. The van der Waals surface area contributed by atoms with Crippen molar-refractivity contribution in [3.05, 3.63) is 74.8 Å². The van der Waals surface area contributed by atoms with Gasteiger partial charge < -0.3 is 4.74 Å². The van der Waals surface area contributed by atoms with Crippen LogP contribution in [0.5, 0.6) is 5.75 Å². The maximum Gasteiger partial charge on any atom is 0.343 e. The van der Waals surface area contributed by atoms with Crippen molar-refractivity contribution in [1.82, 2.24) is 0 Å². The van der Waals surface area contributed by atoms with Crippen LogP contribution in [0.4, 0.5) is 5.69 Å². The zero-order valence-corrected chi connectivity index (χ0v) is 12.3. The van der Waals surface area contributed by atoms with Crippen LogP contribution in [0.2, 0.25) is 0 Å². The highest BCUT2D eigenvalue weighted by Gasteiger charge is 2.10. The Balaban J connectivity index is 2.08. The first-order valence-corrected chi connectivity index (χ1v) is 6.85. The number of non-ortho nitro benzene ring substituents is 1. The molecule has 0 saturated carbocycles. The lowest BCUT2D eigenvalue weighted by Gasteiger charge is -2.04. The Bertz CT molecular complexity index is 678. The van der Waals surface area contributed by atoms with Gasteiger partial charge in [0.2, 0.25) is 0 Å². The summed E-state index contributed by atoms with van der Waals surface area (Å²) in [5, 5.41) is 10.5. The molecule has 0 aliphatic rings. The molecule has 0 heterocycles. The van der Waals surface area contributed by atoms with Crippen LogP contribution in [0.25, 0.3) is 6.08 Å². The molecule has 0 aromatic heterocycles. The van der Waals surface area contributed by atoms with Crippen LogP contribution in [-0.2, 0) is 0 Å². The third-order valence-corrected chi connectivity index (χ3v) is 2.92. The minimum absolute atomic E-state index is 0.0549. The highest BCUT2D eigenvalue weighted by Crippen LogP contribution is 2.18. The molecule has 0 amide bonds. The smallest absolute Gasteiger partial charge is 0.343 e. The SMILES string of the molecule is O=C(Oc1ccc([N+](=O)[O-])cc1)c1ccc(/C=C\Br)cc1. The molecule has 106 valence electrons. The number of hydrogen-bond donors (Lipinski definition) is 0. The summed E-state index contributed by atoms with van der Waals surface area (Å²) >= 11 is 3.17. The van der Waals surface area contributed by atoms with E-state index in [1.165, 1.54) is 24.3 Å². The lowest BCUT2D eigenvalue weighted by atomic mass is 10.1. The molecule has 0 bridgehead atoms. The van der Waals surface area contributed by atoms with Gasteiger partial charge in [0, 0.05) is 12.1 Å². The third-order valence-electron chi connectivity index (χ3n) is 2.66. The topological polar surface area (TPSA) is 69.4 Å². The molecule has 0 fully saturated rings. The van der Waals surface area contributed by atoms with Gasteiger partial charge in [-0.3, -0.25) is 10.1 Å². The molecule has 0 radical (unpaired) electrons. The van der Waals surface area contributed by atoms with Crippen molar-refractivity contribution in [3.8, 4) is 5.75 Å². The quantitative estimate of drug-likeness (QED) is 0.360. The van der Waals surface area contributed by atoms with Crippen LogP contribution in [-0.4, -0.2) is 10.9 Å². The maximum absolute atomic E-state index is 11.9. The normalized spacial score (nSPS) is 10.5. The van der Waals surface area contributed by atoms with E-state index in [4.69, 9.17) is 4.74 Å². The van der Waals surface area contributed by atoms with Crippen molar-refractivity contribution in [3.63, 3.8) is 0 Å². The molecule has 0 atom stereocenters. The minimum atomic E-state index is -0.516. The van der Waals surface area contributed by atoms with E-state index in [0.29, 0.717) is 5.56 Å². The number of esters is 1. The van der Waals surface area contributed by atoms with E-state index in [2.05, 4.69) is 15.9 Å². The number of rotatable bonds is 4. The largest absolute Gasteiger partial charge is 0.423 e. The van der Waals surface area contributed by atoms with Gasteiger partial charge in [0.1, 0.15) is 5.75 Å². The zero-order chi connectivity index (χ0) is 15.2. The molecule has 0 aliphatic heterocycles. The van der Waals surface area contributed by atoms with Crippen molar-refractivity contribution in [2.45, 2.75) is 0 Å². The van der Waals surface area contributed by atoms with Gasteiger partial charge in [0.15, 0.2) is 0 Å². The van der Waals surface area contributed by atoms with E-state index in [1.54, 1.807) is 29.3 Å².